The molecule has 0 spiro atoms. The van der Waals surface area contributed by atoms with E-state index in [0.717, 1.165) is 16.9 Å². The van der Waals surface area contributed by atoms with Gasteiger partial charge in [-0.25, -0.2) is 4.39 Å². The molecule has 0 unspecified atom stereocenters. The predicted molar refractivity (Wildman–Crippen MR) is 106 cm³/mol. The molecule has 0 radical (unpaired) electrons. The van der Waals surface area contributed by atoms with E-state index in [2.05, 4.69) is 5.32 Å². The van der Waals surface area contributed by atoms with E-state index in [-0.39, 0.29) is 17.5 Å². The molecule has 4 rings (SSSR count). The van der Waals surface area contributed by atoms with E-state index in [4.69, 9.17) is 13.6 Å². The van der Waals surface area contributed by atoms with Gasteiger partial charge in [0, 0.05) is 17.5 Å². The van der Waals surface area contributed by atoms with E-state index in [1.54, 1.807) is 13.2 Å². The van der Waals surface area contributed by atoms with Gasteiger partial charge in [-0.15, -0.1) is 0 Å². The van der Waals surface area contributed by atoms with Crippen LogP contribution in [0.3, 0.4) is 0 Å². The van der Waals surface area contributed by atoms with Gasteiger partial charge in [0.05, 0.1) is 12.9 Å². The summed E-state index contributed by atoms with van der Waals surface area (Å²) in [7, 11) is 0. The zero-order valence-electron chi connectivity index (χ0n) is 15.9. The topological polar surface area (TPSA) is 64.6 Å². The van der Waals surface area contributed by atoms with Crippen LogP contribution in [-0.4, -0.2) is 5.91 Å². The van der Waals surface area contributed by atoms with Crippen LogP contribution in [0, 0.1) is 12.7 Å². The molecule has 1 N–H and O–H groups in total. The number of aryl methyl sites for hydroxylation is 1. The molecule has 0 atom stereocenters. The van der Waals surface area contributed by atoms with Crippen LogP contribution >= 0.6 is 0 Å². The van der Waals surface area contributed by atoms with Gasteiger partial charge in [-0.05, 0) is 48.4 Å². The highest BCUT2D eigenvalue weighted by Gasteiger charge is 2.17. The molecule has 2 aromatic carbocycles. The number of hydrogen-bond donors (Lipinski definition) is 1. The van der Waals surface area contributed by atoms with Crippen molar-refractivity contribution in [1.82, 2.24) is 5.32 Å². The highest BCUT2D eigenvalue weighted by Crippen LogP contribution is 2.26. The van der Waals surface area contributed by atoms with E-state index in [0.29, 0.717) is 36.3 Å². The number of fused-ring (bicyclic) bond motifs is 1. The molecular weight excluding hydrogens is 373 g/mol. The lowest BCUT2D eigenvalue weighted by molar-refractivity contribution is 0.0922. The van der Waals surface area contributed by atoms with Gasteiger partial charge in [-0.1, -0.05) is 24.3 Å². The number of rotatable bonds is 7. The Morgan fingerprint density at radius 2 is 1.93 bits per heavy atom. The van der Waals surface area contributed by atoms with E-state index in [1.807, 2.05) is 36.4 Å². The highest BCUT2D eigenvalue weighted by molar-refractivity contribution is 5.98. The minimum atomic E-state index is -0.362. The Labute approximate surface area is 167 Å². The number of furan rings is 2. The molecule has 5 nitrogen and oxygen atoms in total. The molecule has 148 valence electrons. The van der Waals surface area contributed by atoms with E-state index in [9.17, 15) is 9.18 Å². The Balaban J connectivity index is 1.37. The minimum absolute atomic E-state index is 0.198. The maximum absolute atomic E-state index is 13.4. The molecule has 0 aliphatic rings. The molecule has 2 heterocycles. The molecule has 0 saturated carbocycles. The zero-order valence-corrected chi connectivity index (χ0v) is 15.9. The van der Waals surface area contributed by atoms with Crippen LogP contribution < -0.4 is 5.32 Å². The zero-order chi connectivity index (χ0) is 20.2. The summed E-state index contributed by atoms with van der Waals surface area (Å²) in [5.41, 5.74) is 3.05. The van der Waals surface area contributed by atoms with Crippen LogP contribution in [0.4, 0.5) is 4.39 Å². The van der Waals surface area contributed by atoms with Crippen molar-refractivity contribution in [2.75, 3.05) is 0 Å². The lowest BCUT2D eigenvalue weighted by Gasteiger charge is -2.07. The van der Waals surface area contributed by atoms with Crippen molar-refractivity contribution in [3.8, 4) is 0 Å². The molecule has 2 aromatic heterocycles. The van der Waals surface area contributed by atoms with Gasteiger partial charge < -0.3 is 18.9 Å². The van der Waals surface area contributed by atoms with Gasteiger partial charge in [-0.3, -0.25) is 4.79 Å². The van der Waals surface area contributed by atoms with Crippen molar-refractivity contribution in [3.05, 3.63) is 94.9 Å². The summed E-state index contributed by atoms with van der Waals surface area (Å²) >= 11 is 0. The second-order valence-corrected chi connectivity index (χ2v) is 6.77. The molecule has 29 heavy (non-hydrogen) atoms. The molecule has 1 amide bonds. The quantitative estimate of drug-likeness (QED) is 0.473. The maximum atomic E-state index is 13.4. The van der Waals surface area contributed by atoms with Crippen LogP contribution in [0.2, 0.25) is 0 Å². The van der Waals surface area contributed by atoms with Crippen molar-refractivity contribution in [3.63, 3.8) is 0 Å². The van der Waals surface area contributed by atoms with Crippen LogP contribution in [0.1, 0.15) is 33.0 Å². The summed E-state index contributed by atoms with van der Waals surface area (Å²) in [4.78, 5) is 12.5. The lowest BCUT2D eigenvalue weighted by Crippen LogP contribution is -2.23. The minimum Gasteiger partial charge on any atom is -0.467 e. The Kier molecular flexibility index (Phi) is 5.44. The summed E-state index contributed by atoms with van der Waals surface area (Å²) in [5, 5.41) is 3.46. The van der Waals surface area contributed by atoms with Crippen LogP contribution in [0.15, 0.2) is 69.7 Å². The van der Waals surface area contributed by atoms with Gasteiger partial charge in [0.1, 0.15) is 23.8 Å². The normalized spacial score (nSPS) is 11.1. The Morgan fingerprint density at radius 3 is 2.76 bits per heavy atom. The standard InChI is InChI=1S/C23H20FNO4/c1-15-20-11-18(24)7-8-21(20)29-22(15)23(26)25-12-16-4-2-5-17(10-16)13-27-14-19-6-3-9-28-19/h2-11H,12-14H2,1H3,(H,25,26). The molecule has 0 aliphatic heterocycles. The number of benzene rings is 2. The number of amides is 1. The summed E-state index contributed by atoms with van der Waals surface area (Å²) in [6.45, 7) is 2.93. The van der Waals surface area contributed by atoms with Crippen molar-refractivity contribution >= 4 is 16.9 Å². The monoisotopic (exact) mass is 393 g/mol. The first-order chi connectivity index (χ1) is 14.1. The molecule has 6 heteroatoms. The molecule has 0 bridgehead atoms. The summed E-state index contributed by atoms with van der Waals surface area (Å²) in [6, 6.07) is 15.7. The van der Waals surface area contributed by atoms with Gasteiger partial charge in [0.2, 0.25) is 0 Å². The SMILES string of the molecule is Cc1c(C(=O)NCc2cccc(COCc3ccco3)c2)oc2ccc(F)cc12. The van der Waals surface area contributed by atoms with Gasteiger partial charge in [-0.2, -0.15) is 0 Å². The maximum Gasteiger partial charge on any atom is 0.287 e. The number of nitrogens with one attached hydrogen (secondary N) is 1. The van der Waals surface area contributed by atoms with Gasteiger partial charge >= 0.3 is 0 Å². The number of halogens is 1. The Bertz CT molecular complexity index is 1130. The fraction of sp³-hybridized carbons (Fsp3) is 0.174. The van der Waals surface area contributed by atoms with E-state index >= 15 is 0 Å². The molecule has 4 aromatic rings. The molecule has 0 fully saturated rings. The van der Waals surface area contributed by atoms with Crippen molar-refractivity contribution in [2.45, 2.75) is 26.7 Å². The number of carbonyl (C=O) groups excluding carboxylic acids is 1. The lowest BCUT2D eigenvalue weighted by atomic mass is 10.1. The fourth-order valence-corrected chi connectivity index (χ4v) is 3.17. The average molecular weight is 393 g/mol. The smallest absolute Gasteiger partial charge is 0.287 e. The van der Waals surface area contributed by atoms with Crippen molar-refractivity contribution < 1.29 is 22.8 Å². The third-order valence-electron chi connectivity index (χ3n) is 4.64. The number of carbonyl (C=O) groups is 1. The average Bonchev–Trinajstić information content (AvgIpc) is 3.35. The largest absolute Gasteiger partial charge is 0.467 e. The summed E-state index contributed by atoms with van der Waals surface area (Å²) < 4.78 is 29.9. The molecule has 0 saturated heterocycles. The Hall–Kier alpha value is -3.38. The van der Waals surface area contributed by atoms with Crippen molar-refractivity contribution in [1.29, 1.82) is 0 Å². The second kappa shape index (κ2) is 8.32. The van der Waals surface area contributed by atoms with Gasteiger partial charge in [0.25, 0.3) is 5.91 Å². The number of hydrogen-bond acceptors (Lipinski definition) is 4. The van der Waals surface area contributed by atoms with E-state index in [1.165, 1.54) is 18.2 Å². The van der Waals surface area contributed by atoms with Crippen LogP contribution in [0.25, 0.3) is 11.0 Å². The van der Waals surface area contributed by atoms with Gasteiger partial charge in [0.15, 0.2) is 5.76 Å². The first-order valence-corrected chi connectivity index (χ1v) is 9.25. The van der Waals surface area contributed by atoms with Crippen LogP contribution in [0.5, 0.6) is 0 Å². The van der Waals surface area contributed by atoms with Crippen LogP contribution in [-0.2, 0) is 24.5 Å². The first-order valence-electron chi connectivity index (χ1n) is 9.25. The molecule has 0 aliphatic carbocycles. The Morgan fingerprint density at radius 1 is 1.07 bits per heavy atom. The summed E-state index contributed by atoms with van der Waals surface area (Å²) in [6.07, 6.45) is 1.61. The van der Waals surface area contributed by atoms with E-state index < -0.39 is 0 Å². The van der Waals surface area contributed by atoms with Crippen molar-refractivity contribution in [2.24, 2.45) is 0 Å². The third-order valence-corrected chi connectivity index (χ3v) is 4.64. The fourth-order valence-electron chi connectivity index (χ4n) is 3.17. The molecular formula is C23H20FNO4. The highest BCUT2D eigenvalue weighted by atomic mass is 19.1. The second-order valence-electron chi connectivity index (χ2n) is 6.77. The summed E-state index contributed by atoms with van der Waals surface area (Å²) in [5.74, 6) is 0.274. The predicted octanol–water partition coefficient (Wildman–Crippen LogP) is 5.12. The first kappa shape index (κ1) is 19.0. The third kappa shape index (κ3) is 4.38. The number of ether oxygens (including phenoxy) is 1.